The van der Waals surface area contributed by atoms with Gasteiger partial charge in [0.1, 0.15) is 11.8 Å². The van der Waals surface area contributed by atoms with Gasteiger partial charge in [0.25, 0.3) is 0 Å². The van der Waals surface area contributed by atoms with E-state index in [2.05, 4.69) is 15.4 Å². The monoisotopic (exact) mass is 469 g/mol. The first kappa shape index (κ1) is 24.2. The number of amides is 2. The minimum atomic E-state index is -3.97. The van der Waals surface area contributed by atoms with Gasteiger partial charge >= 0.3 is 0 Å². The molecule has 8 nitrogen and oxygen atoms in total. The summed E-state index contributed by atoms with van der Waals surface area (Å²) in [6.07, 6.45) is 0. The SMILES string of the molecule is COc1ccc(NC(C)=O)cc1NC(=O)[C@@H](NS(=O)(=O)c1ccc2ccccc2c1)C(C)C. The van der Waals surface area contributed by atoms with E-state index in [-0.39, 0.29) is 16.7 Å². The van der Waals surface area contributed by atoms with Crippen LogP contribution in [0.25, 0.3) is 10.8 Å². The molecule has 3 aromatic rings. The molecular weight excluding hydrogens is 442 g/mol. The number of hydrogen-bond donors (Lipinski definition) is 3. The third kappa shape index (κ3) is 5.88. The van der Waals surface area contributed by atoms with Gasteiger partial charge in [-0.1, -0.05) is 44.2 Å². The molecule has 0 spiro atoms. The van der Waals surface area contributed by atoms with E-state index in [1.165, 1.54) is 20.1 Å². The van der Waals surface area contributed by atoms with Crippen molar-refractivity contribution in [2.75, 3.05) is 17.7 Å². The molecule has 33 heavy (non-hydrogen) atoms. The number of carbonyl (C=O) groups excluding carboxylic acids is 2. The minimum Gasteiger partial charge on any atom is -0.495 e. The van der Waals surface area contributed by atoms with E-state index in [9.17, 15) is 18.0 Å². The maximum Gasteiger partial charge on any atom is 0.242 e. The van der Waals surface area contributed by atoms with E-state index in [0.717, 1.165) is 10.8 Å². The molecular formula is C24H27N3O5S. The molecule has 0 aliphatic carbocycles. The molecule has 3 aromatic carbocycles. The topological polar surface area (TPSA) is 114 Å². The summed E-state index contributed by atoms with van der Waals surface area (Å²) in [7, 11) is -2.52. The number of rotatable bonds is 8. The Morgan fingerprint density at radius 2 is 1.61 bits per heavy atom. The van der Waals surface area contributed by atoms with Crippen molar-refractivity contribution in [3.63, 3.8) is 0 Å². The van der Waals surface area contributed by atoms with E-state index in [1.54, 1.807) is 44.2 Å². The summed E-state index contributed by atoms with van der Waals surface area (Å²) >= 11 is 0. The van der Waals surface area contributed by atoms with Crippen LogP contribution in [0.4, 0.5) is 11.4 Å². The number of hydrogen-bond acceptors (Lipinski definition) is 5. The van der Waals surface area contributed by atoms with Crippen LogP contribution in [0.5, 0.6) is 5.75 Å². The molecule has 3 N–H and O–H groups in total. The summed E-state index contributed by atoms with van der Waals surface area (Å²) in [5.74, 6) is -0.782. The van der Waals surface area contributed by atoms with Crippen LogP contribution >= 0.6 is 0 Å². The number of anilines is 2. The number of sulfonamides is 1. The summed E-state index contributed by atoms with van der Waals surface area (Å²) in [6.45, 7) is 4.87. The third-order valence-electron chi connectivity index (χ3n) is 5.04. The van der Waals surface area contributed by atoms with Crippen LogP contribution in [0.2, 0.25) is 0 Å². The Hall–Kier alpha value is -3.43. The standard InChI is InChI=1S/C24H27N3O5S/c1-15(2)23(24(29)26-21-14-19(25-16(3)28)10-12-22(21)32-4)27-33(30,31)20-11-9-17-7-5-6-8-18(17)13-20/h5-15,23,27H,1-4H3,(H,25,28)(H,26,29)/t23-/m0/s1. The average molecular weight is 470 g/mol. The van der Waals surface area contributed by atoms with Gasteiger partial charge in [-0.05, 0) is 47.0 Å². The summed E-state index contributed by atoms with van der Waals surface area (Å²) in [6, 6.07) is 16.0. The molecule has 0 saturated carbocycles. The lowest BCUT2D eigenvalue weighted by Crippen LogP contribution is -2.47. The van der Waals surface area contributed by atoms with Crippen molar-refractivity contribution in [1.29, 1.82) is 0 Å². The molecule has 0 heterocycles. The molecule has 0 aliphatic heterocycles. The Bertz CT molecular complexity index is 1290. The second-order valence-corrected chi connectivity index (χ2v) is 9.65. The first-order valence-electron chi connectivity index (χ1n) is 10.4. The molecule has 0 aromatic heterocycles. The quantitative estimate of drug-likeness (QED) is 0.465. The number of methoxy groups -OCH3 is 1. The normalized spacial score (nSPS) is 12.4. The lowest BCUT2D eigenvalue weighted by Gasteiger charge is -2.22. The molecule has 1 atom stereocenters. The predicted octanol–water partition coefficient (Wildman–Crippen LogP) is 3.75. The number of benzene rings is 3. The van der Waals surface area contributed by atoms with Crippen LogP contribution in [0.15, 0.2) is 65.6 Å². The maximum atomic E-state index is 13.1. The lowest BCUT2D eigenvalue weighted by molar-refractivity contribution is -0.118. The van der Waals surface area contributed by atoms with Gasteiger partial charge in [-0.3, -0.25) is 9.59 Å². The first-order valence-corrected chi connectivity index (χ1v) is 11.9. The molecule has 0 radical (unpaired) electrons. The van der Waals surface area contributed by atoms with Crippen LogP contribution < -0.4 is 20.1 Å². The molecule has 0 bridgehead atoms. The zero-order valence-electron chi connectivity index (χ0n) is 18.9. The number of carbonyl (C=O) groups is 2. The van der Waals surface area contributed by atoms with Gasteiger partial charge in [0.2, 0.25) is 21.8 Å². The zero-order chi connectivity index (χ0) is 24.2. The van der Waals surface area contributed by atoms with Crippen LogP contribution in [0, 0.1) is 5.92 Å². The second-order valence-electron chi connectivity index (χ2n) is 7.94. The summed E-state index contributed by atoms with van der Waals surface area (Å²) < 4.78 is 34.0. The van der Waals surface area contributed by atoms with Crippen LogP contribution in [0.1, 0.15) is 20.8 Å². The van der Waals surface area contributed by atoms with Gasteiger partial charge in [-0.15, -0.1) is 0 Å². The smallest absolute Gasteiger partial charge is 0.242 e. The highest BCUT2D eigenvalue weighted by Crippen LogP contribution is 2.28. The highest BCUT2D eigenvalue weighted by Gasteiger charge is 2.29. The molecule has 0 fully saturated rings. The van der Waals surface area contributed by atoms with Gasteiger partial charge in [0, 0.05) is 12.6 Å². The molecule has 9 heteroatoms. The van der Waals surface area contributed by atoms with Crippen molar-refractivity contribution in [2.24, 2.45) is 5.92 Å². The molecule has 0 saturated heterocycles. The van der Waals surface area contributed by atoms with E-state index in [4.69, 9.17) is 4.74 Å². The van der Waals surface area contributed by atoms with E-state index < -0.39 is 22.0 Å². The third-order valence-corrected chi connectivity index (χ3v) is 6.48. The fourth-order valence-corrected chi connectivity index (χ4v) is 4.74. The van der Waals surface area contributed by atoms with Gasteiger partial charge < -0.3 is 15.4 Å². The lowest BCUT2D eigenvalue weighted by atomic mass is 10.0. The number of nitrogens with one attached hydrogen (secondary N) is 3. The van der Waals surface area contributed by atoms with E-state index in [1.807, 2.05) is 24.3 Å². The first-order chi connectivity index (χ1) is 15.6. The minimum absolute atomic E-state index is 0.0740. The molecule has 3 rings (SSSR count). The van der Waals surface area contributed by atoms with E-state index >= 15 is 0 Å². The predicted molar refractivity (Wildman–Crippen MR) is 129 cm³/mol. The van der Waals surface area contributed by atoms with Crippen LogP contribution in [-0.4, -0.2) is 33.4 Å². The second kappa shape index (κ2) is 10.0. The van der Waals surface area contributed by atoms with Gasteiger partial charge in [0.05, 0.1) is 17.7 Å². The summed E-state index contributed by atoms with van der Waals surface area (Å²) in [5.41, 5.74) is 0.778. The van der Waals surface area contributed by atoms with Gasteiger partial charge in [0.15, 0.2) is 0 Å². The van der Waals surface area contributed by atoms with Crippen LogP contribution in [0.3, 0.4) is 0 Å². The maximum absolute atomic E-state index is 13.1. The van der Waals surface area contributed by atoms with Gasteiger partial charge in [-0.2, -0.15) is 4.72 Å². The number of ether oxygens (including phenoxy) is 1. The Morgan fingerprint density at radius 3 is 2.24 bits per heavy atom. The molecule has 2 amide bonds. The average Bonchev–Trinajstić information content (AvgIpc) is 2.76. The highest BCUT2D eigenvalue weighted by atomic mass is 32.2. The Balaban J connectivity index is 1.86. The van der Waals surface area contributed by atoms with Crippen molar-refractivity contribution < 1.29 is 22.7 Å². The van der Waals surface area contributed by atoms with Crippen LogP contribution in [-0.2, 0) is 19.6 Å². The van der Waals surface area contributed by atoms with E-state index in [0.29, 0.717) is 17.1 Å². The molecule has 0 unspecified atom stereocenters. The number of fused-ring (bicyclic) bond motifs is 1. The summed E-state index contributed by atoms with van der Waals surface area (Å²) in [5, 5.41) is 7.06. The Labute approximate surface area is 193 Å². The molecule has 0 aliphatic rings. The molecule has 174 valence electrons. The Kier molecular flexibility index (Phi) is 7.35. The van der Waals surface area contributed by atoms with Crippen molar-refractivity contribution in [3.8, 4) is 5.75 Å². The Morgan fingerprint density at radius 1 is 0.909 bits per heavy atom. The fraction of sp³-hybridized carbons (Fsp3) is 0.250. The van der Waals surface area contributed by atoms with Crippen molar-refractivity contribution >= 4 is 44.0 Å². The zero-order valence-corrected chi connectivity index (χ0v) is 19.7. The van der Waals surface area contributed by atoms with Crippen molar-refractivity contribution in [1.82, 2.24) is 4.72 Å². The largest absolute Gasteiger partial charge is 0.495 e. The summed E-state index contributed by atoms with van der Waals surface area (Å²) in [4.78, 5) is 24.5. The fourth-order valence-electron chi connectivity index (χ4n) is 3.36. The van der Waals surface area contributed by atoms with Crippen molar-refractivity contribution in [3.05, 3.63) is 60.7 Å². The van der Waals surface area contributed by atoms with Crippen molar-refractivity contribution in [2.45, 2.75) is 31.7 Å². The van der Waals surface area contributed by atoms with Gasteiger partial charge in [-0.25, -0.2) is 8.42 Å². The highest BCUT2D eigenvalue weighted by molar-refractivity contribution is 7.89.